The van der Waals surface area contributed by atoms with Gasteiger partial charge in [0.2, 0.25) is 5.91 Å². The molecule has 32 heavy (non-hydrogen) atoms. The lowest BCUT2D eigenvalue weighted by Crippen LogP contribution is -2.50. The van der Waals surface area contributed by atoms with Gasteiger partial charge in [0.05, 0.1) is 14.2 Å². The Bertz CT molecular complexity index is 839. The summed E-state index contributed by atoms with van der Waals surface area (Å²) in [4.78, 5) is 28.0. The van der Waals surface area contributed by atoms with Crippen LogP contribution in [-0.2, 0) is 4.79 Å². The number of hydrogen-bond donors (Lipinski definition) is 1. The molecule has 6 nitrogen and oxygen atoms in total. The molecule has 0 radical (unpaired) electrons. The fourth-order valence-electron chi connectivity index (χ4n) is 7.46. The summed E-state index contributed by atoms with van der Waals surface area (Å²) in [5.41, 5.74) is 0.854. The van der Waals surface area contributed by atoms with E-state index in [0.717, 1.165) is 50.1 Å². The average molecular weight is 441 g/mol. The second-order valence-corrected chi connectivity index (χ2v) is 10.8. The molecule has 5 fully saturated rings. The largest absolute Gasteiger partial charge is 0.493 e. The monoisotopic (exact) mass is 440 g/mol. The Labute approximate surface area is 191 Å². The number of amides is 2. The minimum atomic E-state index is -0.107. The third-order valence-electron chi connectivity index (χ3n) is 8.52. The maximum atomic E-state index is 13.2. The average Bonchev–Trinajstić information content (AvgIpc) is 2.77. The molecule has 1 N–H and O–H groups in total. The quantitative estimate of drug-likeness (QED) is 0.725. The molecule has 5 aliphatic rings. The van der Waals surface area contributed by atoms with Crippen LogP contribution >= 0.6 is 0 Å². The summed E-state index contributed by atoms with van der Waals surface area (Å²) in [5.74, 6) is 4.03. The third kappa shape index (κ3) is 4.20. The zero-order valence-electron chi connectivity index (χ0n) is 19.4. The Kier molecular flexibility index (Phi) is 5.81. The zero-order chi connectivity index (χ0) is 22.3. The van der Waals surface area contributed by atoms with Gasteiger partial charge in [0.25, 0.3) is 5.91 Å². The van der Waals surface area contributed by atoms with Gasteiger partial charge in [-0.15, -0.1) is 0 Å². The number of piperidine rings is 1. The van der Waals surface area contributed by atoms with E-state index in [9.17, 15) is 9.59 Å². The Morgan fingerprint density at radius 2 is 1.56 bits per heavy atom. The van der Waals surface area contributed by atoms with Crippen LogP contribution in [0, 0.1) is 23.2 Å². The highest BCUT2D eigenvalue weighted by molar-refractivity contribution is 5.95. The van der Waals surface area contributed by atoms with Crippen molar-refractivity contribution in [3.8, 4) is 11.5 Å². The highest BCUT2D eigenvalue weighted by Crippen LogP contribution is 2.61. The van der Waals surface area contributed by atoms with Gasteiger partial charge in [-0.05, 0) is 92.7 Å². The SMILES string of the molecule is COc1ccc(C(=O)NC2CCN(C(=O)CC34CC5CC(CC(C5)C3)C4)CC2)cc1OC. The summed E-state index contributed by atoms with van der Waals surface area (Å²) in [6.45, 7) is 1.48. The first kappa shape index (κ1) is 21.6. The fraction of sp³-hybridized carbons (Fsp3) is 0.692. The highest BCUT2D eigenvalue weighted by atomic mass is 16.5. The smallest absolute Gasteiger partial charge is 0.251 e. The van der Waals surface area contributed by atoms with Gasteiger partial charge in [0, 0.05) is 31.1 Å². The molecular weight excluding hydrogens is 404 g/mol. The van der Waals surface area contributed by atoms with Crippen molar-refractivity contribution in [3.63, 3.8) is 0 Å². The molecule has 2 amide bonds. The van der Waals surface area contributed by atoms with Gasteiger partial charge in [0.1, 0.15) is 0 Å². The molecule has 1 aromatic rings. The first-order chi connectivity index (χ1) is 15.5. The molecule has 1 heterocycles. The number of nitrogens with zero attached hydrogens (tertiary/aromatic N) is 1. The van der Waals surface area contributed by atoms with Crippen molar-refractivity contribution in [2.45, 2.75) is 63.8 Å². The number of rotatable bonds is 6. The van der Waals surface area contributed by atoms with Gasteiger partial charge in [-0.3, -0.25) is 9.59 Å². The Balaban J connectivity index is 1.13. The topological polar surface area (TPSA) is 67.9 Å². The number of carbonyl (C=O) groups excluding carboxylic acids is 2. The highest BCUT2D eigenvalue weighted by Gasteiger charge is 2.51. The molecular formula is C26H36N2O4. The van der Waals surface area contributed by atoms with Crippen LogP contribution in [0.25, 0.3) is 0 Å². The molecule has 6 rings (SSSR count). The molecule has 6 heteroatoms. The predicted molar refractivity (Wildman–Crippen MR) is 122 cm³/mol. The first-order valence-corrected chi connectivity index (χ1v) is 12.3. The fourth-order valence-corrected chi connectivity index (χ4v) is 7.46. The van der Waals surface area contributed by atoms with E-state index in [1.54, 1.807) is 32.4 Å². The van der Waals surface area contributed by atoms with Gasteiger partial charge in [-0.2, -0.15) is 0 Å². The molecule has 1 saturated heterocycles. The second-order valence-electron chi connectivity index (χ2n) is 10.8. The number of benzene rings is 1. The second kappa shape index (κ2) is 8.60. The lowest BCUT2D eigenvalue weighted by molar-refractivity contribution is -0.140. The van der Waals surface area contributed by atoms with Crippen LogP contribution in [0.1, 0.15) is 68.1 Å². The maximum absolute atomic E-state index is 13.2. The van der Waals surface area contributed by atoms with Crippen LogP contribution in [0.5, 0.6) is 11.5 Å². The minimum absolute atomic E-state index is 0.0965. The standard InChI is InChI=1S/C26H36N2O4/c1-31-22-4-3-20(12-23(22)32-2)25(30)27-21-5-7-28(8-6-21)24(29)16-26-13-17-9-18(14-26)11-19(10-17)15-26/h3-4,12,17-19,21H,5-11,13-16H2,1-2H3,(H,27,30). The lowest BCUT2D eigenvalue weighted by atomic mass is 9.49. The van der Waals surface area contributed by atoms with Crippen molar-refractivity contribution >= 4 is 11.8 Å². The van der Waals surface area contributed by atoms with E-state index in [4.69, 9.17) is 9.47 Å². The van der Waals surface area contributed by atoms with Gasteiger partial charge in [-0.25, -0.2) is 0 Å². The van der Waals surface area contributed by atoms with Crippen molar-refractivity contribution < 1.29 is 19.1 Å². The summed E-state index contributed by atoms with van der Waals surface area (Å²) in [6, 6.07) is 5.30. The molecule has 4 aliphatic carbocycles. The molecule has 1 aromatic carbocycles. The number of methoxy groups -OCH3 is 2. The van der Waals surface area contributed by atoms with E-state index in [-0.39, 0.29) is 11.9 Å². The molecule has 0 spiro atoms. The van der Waals surface area contributed by atoms with Gasteiger partial charge in [0.15, 0.2) is 11.5 Å². The van der Waals surface area contributed by atoms with Gasteiger partial charge >= 0.3 is 0 Å². The number of nitrogens with one attached hydrogen (secondary N) is 1. The summed E-state index contributed by atoms with van der Waals surface area (Å²) in [7, 11) is 3.14. The summed E-state index contributed by atoms with van der Waals surface area (Å²) in [6.07, 6.45) is 10.5. The lowest BCUT2D eigenvalue weighted by Gasteiger charge is -2.57. The van der Waals surface area contributed by atoms with Crippen LogP contribution < -0.4 is 14.8 Å². The maximum Gasteiger partial charge on any atom is 0.251 e. The van der Waals surface area contributed by atoms with Crippen LogP contribution in [0.4, 0.5) is 0 Å². The van der Waals surface area contributed by atoms with Gasteiger partial charge < -0.3 is 19.7 Å². The summed E-state index contributed by atoms with van der Waals surface area (Å²) < 4.78 is 10.6. The molecule has 1 aliphatic heterocycles. The van der Waals surface area contributed by atoms with Crippen LogP contribution in [0.2, 0.25) is 0 Å². The first-order valence-electron chi connectivity index (χ1n) is 12.3. The summed E-state index contributed by atoms with van der Waals surface area (Å²) in [5, 5.41) is 3.14. The molecule has 4 saturated carbocycles. The van der Waals surface area contributed by atoms with E-state index in [0.29, 0.717) is 28.4 Å². The zero-order valence-corrected chi connectivity index (χ0v) is 19.4. The molecule has 0 atom stereocenters. The number of ether oxygens (including phenoxy) is 2. The van der Waals surface area contributed by atoms with E-state index < -0.39 is 0 Å². The van der Waals surface area contributed by atoms with Crippen LogP contribution in [0.15, 0.2) is 18.2 Å². The van der Waals surface area contributed by atoms with Crippen LogP contribution in [-0.4, -0.2) is 50.1 Å². The van der Waals surface area contributed by atoms with E-state index >= 15 is 0 Å². The number of likely N-dealkylation sites (tertiary alicyclic amines) is 1. The van der Waals surface area contributed by atoms with Crippen molar-refractivity contribution in [2.75, 3.05) is 27.3 Å². The van der Waals surface area contributed by atoms with Crippen LogP contribution in [0.3, 0.4) is 0 Å². The molecule has 174 valence electrons. The number of hydrogen-bond acceptors (Lipinski definition) is 4. The Morgan fingerprint density at radius 3 is 2.12 bits per heavy atom. The minimum Gasteiger partial charge on any atom is -0.493 e. The molecule has 0 aromatic heterocycles. The van der Waals surface area contributed by atoms with Crippen molar-refractivity contribution in [1.29, 1.82) is 0 Å². The Morgan fingerprint density at radius 1 is 0.969 bits per heavy atom. The van der Waals surface area contributed by atoms with E-state index in [2.05, 4.69) is 10.2 Å². The third-order valence-corrected chi connectivity index (χ3v) is 8.52. The normalized spacial score (nSPS) is 31.4. The van der Waals surface area contributed by atoms with Crippen molar-refractivity contribution in [3.05, 3.63) is 23.8 Å². The predicted octanol–water partition coefficient (Wildman–Crippen LogP) is 4.03. The Hall–Kier alpha value is -2.24. The molecule has 4 bridgehead atoms. The van der Waals surface area contributed by atoms with E-state index in [1.165, 1.54) is 38.5 Å². The van der Waals surface area contributed by atoms with Crippen molar-refractivity contribution in [1.82, 2.24) is 10.2 Å². The van der Waals surface area contributed by atoms with E-state index in [1.807, 2.05) is 0 Å². The number of carbonyl (C=O) groups is 2. The van der Waals surface area contributed by atoms with Crippen molar-refractivity contribution in [2.24, 2.45) is 23.2 Å². The summed E-state index contributed by atoms with van der Waals surface area (Å²) >= 11 is 0. The van der Waals surface area contributed by atoms with Gasteiger partial charge in [-0.1, -0.05) is 0 Å². The molecule has 0 unspecified atom stereocenters.